The number of hydrogen-bond donors (Lipinski definition) is 2. The van der Waals surface area contributed by atoms with E-state index in [2.05, 4.69) is 0 Å². The van der Waals surface area contributed by atoms with E-state index in [1.165, 1.54) is 0 Å². The van der Waals surface area contributed by atoms with E-state index in [4.69, 9.17) is 11.6 Å². The fourth-order valence-electron chi connectivity index (χ4n) is 2.19. The molecule has 2 unspecified atom stereocenters. The Hall–Kier alpha value is -1.84. The molecule has 0 bridgehead atoms. The van der Waals surface area contributed by atoms with Crippen LogP contribution in [0.25, 0.3) is 0 Å². The van der Waals surface area contributed by atoms with Gasteiger partial charge in [-0.25, -0.2) is 4.39 Å². The summed E-state index contributed by atoms with van der Waals surface area (Å²) < 4.78 is 52.5. The molecule has 10 heteroatoms. The molecule has 1 aliphatic heterocycles. The van der Waals surface area contributed by atoms with Gasteiger partial charge in [-0.15, -0.1) is 0 Å². The fourth-order valence-corrected chi connectivity index (χ4v) is 2.38. The Morgan fingerprint density at radius 1 is 1.30 bits per heavy atom. The van der Waals surface area contributed by atoms with Crippen molar-refractivity contribution in [1.82, 2.24) is 4.90 Å². The van der Waals surface area contributed by atoms with Crippen molar-refractivity contribution in [2.75, 3.05) is 11.9 Å². The number of aliphatic hydroxyl groups is 2. The largest absolute Gasteiger partial charge is 0.431 e. The molecule has 0 aromatic heterocycles. The summed E-state index contributed by atoms with van der Waals surface area (Å²) in [5.41, 5.74) is -1.89. The third kappa shape index (κ3) is 3.12. The van der Waals surface area contributed by atoms with Crippen LogP contribution in [-0.2, 0) is 0 Å². The number of alkyl halides is 3. The van der Waals surface area contributed by atoms with Crippen LogP contribution in [0, 0.1) is 5.82 Å². The van der Waals surface area contributed by atoms with Crippen LogP contribution in [0.4, 0.5) is 23.2 Å². The van der Waals surface area contributed by atoms with Gasteiger partial charge in [0.25, 0.3) is 0 Å². The van der Waals surface area contributed by atoms with Crippen molar-refractivity contribution in [1.29, 1.82) is 0 Å². The lowest BCUT2D eigenvalue weighted by Gasteiger charge is -2.43. The third-order valence-corrected chi connectivity index (χ3v) is 3.66. The minimum absolute atomic E-state index is 0.143. The van der Waals surface area contributed by atoms with Crippen LogP contribution < -0.4 is 4.90 Å². The first kappa shape index (κ1) is 17.5. The number of anilines is 1. The molecule has 5 nitrogen and oxygen atoms in total. The van der Waals surface area contributed by atoms with Crippen molar-refractivity contribution in [3.05, 3.63) is 40.3 Å². The topological polar surface area (TPSA) is 64.0 Å². The minimum Gasteiger partial charge on any atom is -0.370 e. The normalized spacial score (nSPS) is 22.2. The van der Waals surface area contributed by atoms with Crippen LogP contribution in [-0.4, -0.2) is 47.2 Å². The quantitative estimate of drug-likeness (QED) is 0.629. The summed E-state index contributed by atoms with van der Waals surface area (Å²) in [5, 5.41) is 19.7. The monoisotopic (exact) mass is 354 g/mol. The number of allylic oxidation sites excluding steroid dienone is 1. The summed E-state index contributed by atoms with van der Waals surface area (Å²) in [4.78, 5) is 11.9. The Bertz CT molecular complexity index is 665. The lowest BCUT2D eigenvalue weighted by Crippen LogP contribution is -2.56. The molecular weight excluding hydrogens is 344 g/mol. The van der Waals surface area contributed by atoms with Crippen molar-refractivity contribution in [2.45, 2.75) is 18.8 Å². The van der Waals surface area contributed by atoms with Gasteiger partial charge in [0, 0.05) is 12.6 Å². The van der Waals surface area contributed by atoms with Crippen molar-refractivity contribution in [2.24, 2.45) is 0 Å². The third-order valence-electron chi connectivity index (χ3n) is 3.33. The highest BCUT2D eigenvalue weighted by Gasteiger charge is 2.44. The smallest absolute Gasteiger partial charge is 0.370 e. The standard InChI is InChI=1S/C13H11ClF4N2O3/c1-19-10(13(16,17)18)4-11(22)20(12(19)23)9-2-6(5-21)7(14)3-8(9)15/h2-5,11-12,22-23H,1H3. The van der Waals surface area contributed by atoms with Crippen LogP contribution in [0.1, 0.15) is 10.4 Å². The van der Waals surface area contributed by atoms with Gasteiger partial charge in [-0.1, -0.05) is 11.6 Å². The second-order valence-electron chi connectivity index (χ2n) is 4.77. The van der Waals surface area contributed by atoms with E-state index in [-0.39, 0.29) is 10.6 Å². The average molecular weight is 355 g/mol. The minimum atomic E-state index is -4.81. The number of benzene rings is 1. The molecule has 0 radical (unpaired) electrons. The van der Waals surface area contributed by atoms with E-state index < -0.39 is 36.0 Å². The van der Waals surface area contributed by atoms with Crippen LogP contribution in [0.15, 0.2) is 23.9 Å². The van der Waals surface area contributed by atoms with Gasteiger partial charge in [-0.3, -0.25) is 9.69 Å². The Morgan fingerprint density at radius 2 is 1.91 bits per heavy atom. The number of aliphatic hydroxyl groups excluding tert-OH is 2. The number of nitrogens with zero attached hydrogens (tertiary/aromatic N) is 2. The Morgan fingerprint density at radius 3 is 2.43 bits per heavy atom. The van der Waals surface area contributed by atoms with E-state index in [9.17, 15) is 32.6 Å². The van der Waals surface area contributed by atoms with Gasteiger partial charge in [-0.05, 0) is 18.2 Å². The fraction of sp³-hybridized carbons (Fsp3) is 0.308. The van der Waals surface area contributed by atoms with E-state index in [1.807, 2.05) is 0 Å². The number of aldehydes is 1. The maximum Gasteiger partial charge on any atom is 0.431 e. The number of rotatable bonds is 2. The zero-order valence-electron chi connectivity index (χ0n) is 11.6. The highest BCUT2D eigenvalue weighted by molar-refractivity contribution is 6.33. The highest BCUT2D eigenvalue weighted by Crippen LogP contribution is 2.36. The van der Waals surface area contributed by atoms with Crippen molar-refractivity contribution < 1.29 is 32.6 Å². The van der Waals surface area contributed by atoms with Crippen LogP contribution in [0.5, 0.6) is 0 Å². The predicted octanol–water partition coefficient (Wildman–Crippen LogP) is 2.08. The zero-order valence-corrected chi connectivity index (χ0v) is 12.3. The molecule has 0 saturated heterocycles. The lowest BCUT2D eigenvalue weighted by molar-refractivity contribution is -0.133. The molecule has 2 rings (SSSR count). The second kappa shape index (κ2) is 5.99. The molecule has 2 atom stereocenters. The SMILES string of the molecule is CN1C(C(F)(F)F)=CC(O)N(c2cc(C=O)c(Cl)cc2F)C1O. The molecule has 1 aliphatic rings. The Kier molecular flexibility index (Phi) is 4.56. The van der Waals surface area contributed by atoms with Gasteiger partial charge in [0.2, 0.25) is 6.35 Å². The van der Waals surface area contributed by atoms with Crippen LogP contribution in [0.3, 0.4) is 0 Å². The molecule has 0 saturated carbocycles. The molecule has 0 spiro atoms. The maximum atomic E-state index is 14.0. The molecule has 2 N–H and O–H groups in total. The van der Waals surface area contributed by atoms with Gasteiger partial charge in [0.05, 0.1) is 10.7 Å². The lowest BCUT2D eigenvalue weighted by atomic mass is 10.1. The second-order valence-corrected chi connectivity index (χ2v) is 5.18. The molecular formula is C13H11ClF4N2O3. The average Bonchev–Trinajstić information content (AvgIpc) is 2.44. The summed E-state index contributed by atoms with van der Waals surface area (Å²) in [5.74, 6) is -1.02. The number of hydrogen-bond acceptors (Lipinski definition) is 5. The molecule has 1 aromatic carbocycles. The van der Waals surface area contributed by atoms with E-state index >= 15 is 0 Å². The summed E-state index contributed by atoms with van der Waals surface area (Å²) in [6.45, 7) is 0. The summed E-state index contributed by atoms with van der Waals surface area (Å²) in [7, 11) is 0.928. The molecule has 1 aromatic rings. The van der Waals surface area contributed by atoms with E-state index in [0.717, 1.165) is 19.2 Å². The first-order valence-electron chi connectivity index (χ1n) is 6.18. The van der Waals surface area contributed by atoms with Gasteiger partial charge in [-0.2, -0.15) is 13.2 Å². The van der Waals surface area contributed by atoms with Gasteiger partial charge >= 0.3 is 6.18 Å². The highest BCUT2D eigenvalue weighted by atomic mass is 35.5. The summed E-state index contributed by atoms with van der Waals surface area (Å²) in [6.07, 6.45) is -8.06. The molecule has 0 fully saturated rings. The van der Waals surface area contributed by atoms with Crippen molar-refractivity contribution in [3.63, 3.8) is 0 Å². The van der Waals surface area contributed by atoms with Gasteiger partial charge < -0.3 is 15.1 Å². The van der Waals surface area contributed by atoms with Gasteiger partial charge in [0.15, 0.2) is 12.5 Å². The van der Waals surface area contributed by atoms with Crippen molar-refractivity contribution >= 4 is 23.6 Å². The zero-order chi connectivity index (χ0) is 17.5. The van der Waals surface area contributed by atoms with E-state index in [1.54, 1.807) is 0 Å². The predicted molar refractivity (Wildman–Crippen MR) is 73.2 cm³/mol. The molecule has 126 valence electrons. The number of halogens is 5. The maximum absolute atomic E-state index is 14.0. The summed E-state index contributed by atoms with van der Waals surface area (Å²) in [6, 6.07) is 1.69. The van der Waals surface area contributed by atoms with Crippen LogP contribution in [0.2, 0.25) is 5.02 Å². The number of carbonyl (C=O) groups excluding carboxylic acids is 1. The first-order valence-corrected chi connectivity index (χ1v) is 6.56. The Balaban J connectivity index is 2.53. The molecule has 0 amide bonds. The Labute approximate surface area is 133 Å². The van der Waals surface area contributed by atoms with Gasteiger partial charge in [0.1, 0.15) is 11.5 Å². The van der Waals surface area contributed by atoms with E-state index in [0.29, 0.717) is 22.2 Å². The van der Waals surface area contributed by atoms with Crippen LogP contribution >= 0.6 is 11.6 Å². The first-order chi connectivity index (χ1) is 10.6. The number of carbonyl (C=O) groups is 1. The molecule has 0 aliphatic carbocycles. The molecule has 1 heterocycles. The van der Waals surface area contributed by atoms with Crippen molar-refractivity contribution in [3.8, 4) is 0 Å². The summed E-state index contributed by atoms with van der Waals surface area (Å²) >= 11 is 5.64. The molecule has 23 heavy (non-hydrogen) atoms.